The molecule has 1 aromatic rings. The molecule has 16 heavy (non-hydrogen) atoms. The first-order chi connectivity index (χ1) is 7.52. The van der Waals surface area contributed by atoms with Gasteiger partial charge < -0.3 is 0 Å². The van der Waals surface area contributed by atoms with Gasteiger partial charge in [-0.2, -0.15) is 0 Å². The van der Waals surface area contributed by atoms with Crippen molar-refractivity contribution < 1.29 is 4.84 Å². The molecule has 0 N–H and O–H groups in total. The molecule has 2 heteroatoms. The fourth-order valence-corrected chi connectivity index (χ4v) is 1.81. The van der Waals surface area contributed by atoms with Crippen molar-refractivity contribution in [3.05, 3.63) is 35.4 Å². The van der Waals surface area contributed by atoms with Crippen molar-refractivity contribution in [1.29, 1.82) is 0 Å². The van der Waals surface area contributed by atoms with E-state index in [2.05, 4.69) is 58.9 Å². The number of nitrogens with zero attached hydrogens (tertiary/aromatic N) is 1. The highest BCUT2D eigenvalue weighted by molar-refractivity contribution is 5.24. The highest BCUT2D eigenvalue weighted by atomic mass is 16.7. The van der Waals surface area contributed by atoms with Gasteiger partial charge in [-0.05, 0) is 50.8 Å². The summed E-state index contributed by atoms with van der Waals surface area (Å²) >= 11 is 0. The lowest BCUT2D eigenvalue weighted by molar-refractivity contribution is -0.120. The molecule has 0 aromatic heterocycles. The van der Waals surface area contributed by atoms with Gasteiger partial charge in [0.25, 0.3) is 0 Å². The van der Waals surface area contributed by atoms with Gasteiger partial charge in [-0.15, -0.1) is 4.84 Å². The maximum absolute atomic E-state index is 5.87. The number of hydroxylamine groups is 2. The molecule has 0 bridgehead atoms. The third-order valence-corrected chi connectivity index (χ3v) is 2.65. The van der Waals surface area contributed by atoms with Gasteiger partial charge in [-0.1, -0.05) is 24.3 Å². The van der Waals surface area contributed by atoms with Gasteiger partial charge in [0.05, 0.1) is 0 Å². The molecule has 0 amide bonds. The van der Waals surface area contributed by atoms with Crippen molar-refractivity contribution in [3.63, 3.8) is 0 Å². The van der Waals surface area contributed by atoms with Crippen molar-refractivity contribution >= 4 is 0 Å². The summed E-state index contributed by atoms with van der Waals surface area (Å²) in [6.45, 7) is 11.4. The predicted molar refractivity (Wildman–Crippen MR) is 68.4 cm³/mol. The quantitative estimate of drug-likeness (QED) is 0.549. The molecule has 0 aliphatic carbocycles. The molecular formula is C14H23NO+. The fourth-order valence-electron chi connectivity index (χ4n) is 1.81. The summed E-state index contributed by atoms with van der Waals surface area (Å²) in [7, 11) is 0. The van der Waals surface area contributed by atoms with Gasteiger partial charge in [0.1, 0.15) is 6.61 Å². The van der Waals surface area contributed by atoms with Crippen LogP contribution in [0.15, 0.2) is 24.3 Å². The second-order valence-corrected chi connectivity index (χ2v) is 4.75. The van der Waals surface area contributed by atoms with E-state index in [1.807, 2.05) is 5.06 Å². The van der Waals surface area contributed by atoms with E-state index in [0.717, 1.165) is 0 Å². The van der Waals surface area contributed by atoms with Gasteiger partial charge in [-0.25, -0.2) is 0 Å². The van der Waals surface area contributed by atoms with Gasteiger partial charge >= 0.3 is 0 Å². The minimum atomic E-state index is 0.406. The monoisotopic (exact) mass is 221 g/mol. The summed E-state index contributed by atoms with van der Waals surface area (Å²) in [4.78, 5) is 5.87. The van der Waals surface area contributed by atoms with E-state index in [0.29, 0.717) is 18.7 Å². The summed E-state index contributed by atoms with van der Waals surface area (Å²) in [5, 5.41) is 2.05. The van der Waals surface area contributed by atoms with E-state index in [-0.39, 0.29) is 0 Å². The fraction of sp³-hybridized carbons (Fsp3) is 0.571. The molecule has 2 nitrogen and oxygen atoms in total. The van der Waals surface area contributed by atoms with E-state index in [9.17, 15) is 0 Å². The van der Waals surface area contributed by atoms with Crippen molar-refractivity contribution in [2.24, 2.45) is 0 Å². The molecule has 1 radical (unpaired) electrons. The summed E-state index contributed by atoms with van der Waals surface area (Å²) in [5.41, 5.74) is 2.55. The summed E-state index contributed by atoms with van der Waals surface area (Å²) in [6, 6.07) is 9.16. The first kappa shape index (κ1) is 13.2. The Morgan fingerprint density at radius 3 is 2.12 bits per heavy atom. The number of hydrogen-bond donors (Lipinski definition) is 0. The van der Waals surface area contributed by atoms with Gasteiger partial charge in [0.2, 0.25) is 0 Å². The maximum atomic E-state index is 5.87. The Balaban J connectivity index is 2.59. The molecule has 0 spiro atoms. The van der Waals surface area contributed by atoms with Crippen LogP contribution < -0.4 is 5.06 Å². The zero-order valence-electron chi connectivity index (χ0n) is 11.0. The van der Waals surface area contributed by atoms with Crippen molar-refractivity contribution in [2.75, 3.05) is 0 Å². The smallest absolute Gasteiger partial charge is 0.143 e. The molecule has 1 rings (SSSR count). The van der Waals surface area contributed by atoms with Crippen LogP contribution >= 0.6 is 0 Å². The van der Waals surface area contributed by atoms with Crippen LogP contribution in [-0.2, 0) is 11.4 Å². The Morgan fingerprint density at radius 2 is 1.62 bits per heavy atom. The van der Waals surface area contributed by atoms with Crippen molar-refractivity contribution in [3.8, 4) is 0 Å². The van der Waals surface area contributed by atoms with Crippen molar-refractivity contribution in [1.82, 2.24) is 5.06 Å². The summed E-state index contributed by atoms with van der Waals surface area (Å²) < 4.78 is 0. The highest BCUT2D eigenvalue weighted by Gasteiger charge is 2.26. The molecule has 89 valence electrons. The number of aryl methyl sites for hydroxylation is 1. The molecule has 0 fully saturated rings. The number of benzene rings is 1. The third-order valence-electron chi connectivity index (χ3n) is 2.65. The van der Waals surface area contributed by atoms with Crippen LogP contribution in [0.3, 0.4) is 0 Å². The van der Waals surface area contributed by atoms with Crippen LogP contribution in [0.5, 0.6) is 0 Å². The van der Waals surface area contributed by atoms with Crippen LogP contribution in [-0.4, -0.2) is 12.1 Å². The zero-order chi connectivity index (χ0) is 12.1. The van der Waals surface area contributed by atoms with E-state index >= 15 is 0 Å². The Kier molecular flexibility index (Phi) is 4.97. The Bertz CT molecular complexity index is 312. The maximum Gasteiger partial charge on any atom is 0.164 e. The van der Waals surface area contributed by atoms with Crippen LogP contribution in [0.4, 0.5) is 0 Å². The van der Waals surface area contributed by atoms with Crippen LogP contribution in [0.2, 0.25) is 0 Å². The Morgan fingerprint density at radius 1 is 1.06 bits per heavy atom. The molecule has 0 atom stereocenters. The number of hydrogen-bond acceptors (Lipinski definition) is 2. The lowest BCUT2D eigenvalue weighted by atomic mass is 10.1. The topological polar surface area (TPSA) is 15.1 Å². The molecule has 0 heterocycles. The Labute approximate surface area is 99.2 Å². The molecule has 0 aliphatic rings. The standard InChI is InChI=1S/C14H23NO/c1-11(2)15(12(3)4)16-10-14-9-7-6-8-13(14)5/h6-9,11-12H,10H2,1-5H3/q+1. The van der Waals surface area contributed by atoms with E-state index in [1.54, 1.807) is 0 Å². The average molecular weight is 221 g/mol. The van der Waals surface area contributed by atoms with Crippen molar-refractivity contribution in [2.45, 2.75) is 53.3 Å². The SMILES string of the molecule is Cc1ccccc1CO[N+](C(C)C)C(C)C. The predicted octanol–water partition coefficient (Wildman–Crippen LogP) is 3.38. The van der Waals surface area contributed by atoms with Crippen LogP contribution in [0.1, 0.15) is 38.8 Å². The second-order valence-electron chi connectivity index (χ2n) is 4.75. The van der Waals surface area contributed by atoms with E-state index in [1.165, 1.54) is 11.1 Å². The summed E-state index contributed by atoms with van der Waals surface area (Å²) in [6.07, 6.45) is 0. The van der Waals surface area contributed by atoms with Crippen LogP contribution in [0.25, 0.3) is 0 Å². The molecule has 0 aliphatic heterocycles. The first-order valence-electron chi connectivity index (χ1n) is 5.98. The van der Waals surface area contributed by atoms with Crippen LogP contribution in [0, 0.1) is 6.92 Å². The highest BCUT2D eigenvalue weighted by Crippen LogP contribution is 2.11. The van der Waals surface area contributed by atoms with E-state index < -0.39 is 0 Å². The average Bonchev–Trinajstić information content (AvgIpc) is 2.20. The van der Waals surface area contributed by atoms with Gasteiger partial charge in [0, 0.05) is 0 Å². The summed E-state index contributed by atoms with van der Waals surface area (Å²) in [5.74, 6) is 0. The minimum absolute atomic E-state index is 0.406. The lowest BCUT2D eigenvalue weighted by Gasteiger charge is -2.17. The largest absolute Gasteiger partial charge is 0.164 e. The molecule has 1 aromatic carbocycles. The molecule has 0 saturated carbocycles. The lowest BCUT2D eigenvalue weighted by Crippen LogP contribution is -2.42. The molecule has 0 unspecified atom stereocenters. The van der Waals surface area contributed by atoms with Gasteiger partial charge in [-0.3, -0.25) is 0 Å². The molecule has 0 saturated heterocycles. The second kappa shape index (κ2) is 6.02. The molecular weight excluding hydrogens is 198 g/mol. The van der Waals surface area contributed by atoms with E-state index in [4.69, 9.17) is 4.84 Å². The Hall–Kier alpha value is -0.860. The number of rotatable bonds is 5. The zero-order valence-corrected chi connectivity index (χ0v) is 11.0. The minimum Gasteiger partial charge on any atom is -0.143 e. The first-order valence-corrected chi connectivity index (χ1v) is 5.98. The third kappa shape index (κ3) is 3.62. The van der Waals surface area contributed by atoms with Gasteiger partial charge in [0.15, 0.2) is 12.1 Å². The normalized spacial score (nSPS) is 11.8.